The predicted octanol–water partition coefficient (Wildman–Crippen LogP) is 3.32. The SMILES string of the molecule is C=CCNC(=O)C(=O)C(CC1CCC1)NC(=O)[C@@H]1[C@H]2CCC(C)(C)[C@H]2CN1C(=O)[C@@H](NC(=O)N[C@H](CN(C)S(C)(C)(=O)O)C(C)(C)C)C(C)(C)C. The molecule has 3 aliphatic rings. The number of amides is 5. The third-order valence-electron chi connectivity index (χ3n) is 11.5. The normalized spacial score (nSPS) is 24.6. The zero-order valence-corrected chi connectivity index (χ0v) is 33.7. The molecule has 5 amide bonds. The van der Waals surface area contributed by atoms with Crippen molar-refractivity contribution in [2.75, 3.05) is 39.2 Å². The highest BCUT2D eigenvalue weighted by Crippen LogP contribution is 2.53. The lowest BCUT2D eigenvalue weighted by atomic mass is 9.79. The van der Waals surface area contributed by atoms with Crippen LogP contribution in [-0.4, -0.2) is 111 Å². The maximum Gasteiger partial charge on any atom is 0.315 e. The average molecular weight is 739 g/mol. The molecule has 2 aliphatic carbocycles. The minimum Gasteiger partial charge on any atom is -0.346 e. The zero-order chi connectivity index (χ0) is 38.9. The van der Waals surface area contributed by atoms with Gasteiger partial charge in [0.05, 0.1) is 6.04 Å². The number of fused-ring (bicyclic) bond motifs is 1. The Morgan fingerprint density at radius 2 is 1.61 bits per heavy atom. The topological polar surface area (TPSA) is 177 Å². The van der Waals surface area contributed by atoms with Gasteiger partial charge in [-0.1, -0.05) is 80.7 Å². The molecule has 0 spiro atoms. The molecule has 1 heterocycles. The van der Waals surface area contributed by atoms with Crippen molar-refractivity contribution < 1.29 is 32.7 Å². The number of Topliss-reactive ketones (excluding diaryl/α,β-unsaturated/α-hetero) is 1. The van der Waals surface area contributed by atoms with Gasteiger partial charge in [0.15, 0.2) is 0 Å². The smallest absolute Gasteiger partial charge is 0.315 e. The third-order valence-corrected chi connectivity index (χ3v) is 13.4. The molecule has 1 unspecified atom stereocenters. The minimum absolute atomic E-state index is 0.0219. The fraction of sp³-hybridized carbons (Fsp3) is 0.811. The Morgan fingerprint density at radius 1 is 1.00 bits per heavy atom. The number of likely N-dealkylation sites (N-methyl/N-ethyl adjacent to an activating group) is 1. The molecule has 0 aromatic rings. The number of rotatable bonds is 14. The highest BCUT2D eigenvalue weighted by atomic mass is 32.3. The summed E-state index contributed by atoms with van der Waals surface area (Å²) in [4.78, 5) is 70.4. The van der Waals surface area contributed by atoms with E-state index in [2.05, 4.69) is 41.7 Å². The fourth-order valence-corrected chi connectivity index (χ4v) is 8.07. The second kappa shape index (κ2) is 15.3. The van der Waals surface area contributed by atoms with E-state index in [0.717, 1.165) is 32.1 Å². The highest BCUT2D eigenvalue weighted by Gasteiger charge is 2.57. The highest BCUT2D eigenvalue weighted by molar-refractivity contribution is 8.11. The lowest BCUT2D eigenvalue weighted by Crippen LogP contribution is -2.63. The van der Waals surface area contributed by atoms with Crippen LogP contribution in [0.1, 0.15) is 93.9 Å². The number of nitrogens with zero attached hydrogens (tertiary/aromatic N) is 2. The first-order valence-corrected chi connectivity index (χ1v) is 21.0. The van der Waals surface area contributed by atoms with Crippen LogP contribution in [0.25, 0.3) is 0 Å². The monoisotopic (exact) mass is 738 g/mol. The van der Waals surface area contributed by atoms with E-state index in [1.165, 1.54) is 29.9 Å². The third kappa shape index (κ3) is 10.6. The first-order valence-electron chi connectivity index (χ1n) is 18.3. The molecule has 0 radical (unpaired) electrons. The van der Waals surface area contributed by atoms with Crippen LogP contribution in [0.2, 0.25) is 0 Å². The molecule has 0 aromatic heterocycles. The van der Waals surface area contributed by atoms with E-state index >= 15 is 0 Å². The van der Waals surface area contributed by atoms with Gasteiger partial charge < -0.3 is 26.2 Å². The fourth-order valence-electron chi connectivity index (χ4n) is 7.50. The van der Waals surface area contributed by atoms with E-state index < -0.39 is 74.1 Å². The van der Waals surface area contributed by atoms with Crippen LogP contribution in [-0.2, 0) is 28.7 Å². The Balaban J connectivity index is 1.91. The lowest BCUT2D eigenvalue weighted by molar-refractivity contribution is -0.144. The number of hydrogen-bond donors (Lipinski definition) is 5. The first-order chi connectivity index (χ1) is 23.1. The van der Waals surface area contributed by atoms with E-state index in [4.69, 9.17) is 0 Å². The van der Waals surface area contributed by atoms with E-state index in [1.807, 2.05) is 41.5 Å². The molecule has 3 rings (SSSR count). The first kappa shape index (κ1) is 42.6. The number of hydrogen-bond acceptors (Lipinski definition) is 6. The number of carbonyl (C=O) groups excluding carboxylic acids is 5. The second-order valence-electron chi connectivity index (χ2n) is 18.5. The van der Waals surface area contributed by atoms with Gasteiger partial charge in [0.2, 0.25) is 17.6 Å². The predicted molar refractivity (Wildman–Crippen MR) is 201 cm³/mol. The molecule has 0 aromatic carbocycles. The van der Waals surface area contributed by atoms with Crippen molar-refractivity contribution in [1.82, 2.24) is 30.5 Å². The molecular formula is C37H66N6O7S. The molecule has 14 heteroatoms. The summed E-state index contributed by atoms with van der Waals surface area (Å²) in [6.07, 6.45) is 8.83. The molecule has 1 saturated heterocycles. The number of urea groups is 1. The van der Waals surface area contributed by atoms with Crippen molar-refractivity contribution in [1.29, 1.82) is 0 Å². The molecule has 2 saturated carbocycles. The summed E-state index contributed by atoms with van der Waals surface area (Å²) < 4.78 is 24.8. The van der Waals surface area contributed by atoms with Gasteiger partial charge in [-0.25, -0.2) is 9.10 Å². The van der Waals surface area contributed by atoms with Crippen LogP contribution in [0, 0.1) is 34.0 Å². The molecule has 51 heavy (non-hydrogen) atoms. The van der Waals surface area contributed by atoms with Gasteiger partial charge in [0.25, 0.3) is 5.91 Å². The van der Waals surface area contributed by atoms with Gasteiger partial charge in [0, 0.05) is 45.2 Å². The van der Waals surface area contributed by atoms with Crippen molar-refractivity contribution in [2.45, 2.75) is 118 Å². The summed E-state index contributed by atoms with van der Waals surface area (Å²) in [6, 6.07) is -4.10. The number of ketones is 1. The molecule has 3 fully saturated rings. The molecule has 292 valence electrons. The average Bonchev–Trinajstić information content (AvgIpc) is 3.49. The van der Waals surface area contributed by atoms with Gasteiger partial charge >= 0.3 is 6.03 Å². The Labute approximate surface area is 305 Å². The van der Waals surface area contributed by atoms with Gasteiger partial charge in [-0.15, -0.1) is 16.1 Å². The summed E-state index contributed by atoms with van der Waals surface area (Å²) in [5.74, 6) is -2.27. The van der Waals surface area contributed by atoms with Gasteiger partial charge in [-0.3, -0.25) is 23.7 Å². The minimum atomic E-state index is -4.08. The zero-order valence-electron chi connectivity index (χ0n) is 32.9. The molecule has 0 bridgehead atoms. The van der Waals surface area contributed by atoms with Crippen LogP contribution in [0.15, 0.2) is 12.7 Å². The van der Waals surface area contributed by atoms with Crippen molar-refractivity contribution in [3.05, 3.63) is 12.7 Å². The Bertz CT molecular complexity index is 1410. The van der Waals surface area contributed by atoms with Crippen LogP contribution < -0.4 is 21.3 Å². The Kier molecular flexibility index (Phi) is 12.7. The number of nitrogens with one attached hydrogen (secondary N) is 4. The van der Waals surface area contributed by atoms with E-state index in [-0.39, 0.29) is 36.3 Å². The summed E-state index contributed by atoms with van der Waals surface area (Å²) in [5, 5.41) is 11.3. The second-order valence-corrected chi connectivity index (χ2v) is 22.6. The number of likely N-dealkylation sites (tertiary alicyclic amines) is 1. The van der Waals surface area contributed by atoms with Crippen molar-refractivity contribution >= 4 is 39.1 Å². The van der Waals surface area contributed by atoms with Crippen molar-refractivity contribution in [3.63, 3.8) is 0 Å². The van der Waals surface area contributed by atoms with Crippen LogP contribution in [0.3, 0.4) is 0 Å². The molecule has 6 atom stereocenters. The maximum atomic E-state index is 14.7. The van der Waals surface area contributed by atoms with E-state index in [9.17, 15) is 32.7 Å². The van der Waals surface area contributed by atoms with Crippen molar-refractivity contribution in [3.8, 4) is 0 Å². The van der Waals surface area contributed by atoms with Crippen LogP contribution in [0.5, 0.6) is 0 Å². The summed E-state index contributed by atoms with van der Waals surface area (Å²) in [6.45, 7) is 19.7. The lowest BCUT2D eigenvalue weighted by Gasteiger charge is -2.46. The quantitative estimate of drug-likeness (QED) is 0.134. The molecule has 13 nitrogen and oxygen atoms in total. The summed E-state index contributed by atoms with van der Waals surface area (Å²) in [5.41, 5.74) is -1.41. The van der Waals surface area contributed by atoms with Crippen LogP contribution >= 0.6 is 0 Å². The standard InChI is InChI=1S/C37H66N6O7S/c1-13-19-38-32(46)29(44)26(20-23-15-14-16-23)39-31(45)28-24-17-18-37(8,9)25(24)21-43(28)33(47)30(36(5,6)7)41-34(48)40-27(35(2,3)4)22-42(10)51(11,12,49)50/h13,23-28,30H,1,14-22H2,2-12H3,(H,38,46)(H,39,45)(H,49,50)(H2,40,41,48)/t24-,25-,26?,27+,28-,30+/m0/s1. The largest absolute Gasteiger partial charge is 0.346 e. The van der Waals surface area contributed by atoms with Gasteiger partial charge in [-0.2, -0.15) is 4.21 Å². The Morgan fingerprint density at radius 3 is 2.10 bits per heavy atom. The van der Waals surface area contributed by atoms with E-state index in [1.54, 1.807) is 4.90 Å². The molecule has 5 N–H and O–H groups in total. The molecule has 1 aliphatic heterocycles. The van der Waals surface area contributed by atoms with E-state index in [0.29, 0.717) is 13.0 Å². The molecular weight excluding hydrogens is 673 g/mol. The van der Waals surface area contributed by atoms with Gasteiger partial charge in [-0.05, 0) is 53.3 Å². The maximum absolute atomic E-state index is 14.7. The van der Waals surface area contributed by atoms with Crippen LogP contribution in [0.4, 0.5) is 4.79 Å². The summed E-state index contributed by atoms with van der Waals surface area (Å²) in [7, 11) is -2.55. The number of carbonyl (C=O) groups is 5. The van der Waals surface area contributed by atoms with Gasteiger partial charge in [0.1, 0.15) is 12.1 Å². The summed E-state index contributed by atoms with van der Waals surface area (Å²) >= 11 is 0. The Hall–Kier alpha value is -2.84. The van der Waals surface area contributed by atoms with Crippen molar-refractivity contribution in [2.24, 2.45) is 34.0 Å².